The van der Waals surface area contributed by atoms with Gasteiger partial charge in [-0.2, -0.15) is 0 Å². The van der Waals surface area contributed by atoms with Crippen LogP contribution in [0.25, 0.3) is 0 Å². The largest absolute Gasteiger partial charge is 0.480 e. The number of hydrogen-bond donors (Lipinski definition) is 2. The highest BCUT2D eigenvalue weighted by Crippen LogP contribution is 2.16. The number of carboxylic acid groups (broad SMARTS) is 1. The summed E-state index contributed by atoms with van der Waals surface area (Å²) in [4.78, 5) is 23.9. The molecule has 0 aliphatic rings. The van der Waals surface area contributed by atoms with Gasteiger partial charge in [0.05, 0.1) is 0 Å². The fourth-order valence-corrected chi connectivity index (χ4v) is 1.13. The molecular weight excluding hydrogens is 204 g/mol. The molecule has 0 saturated heterocycles. The molecular formula is C7H10N4O4. The Labute approximate surface area is 84.5 Å². The summed E-state index contributed by atoms with van der Waals surface area (Å²) >= 11 is 0. The molecule has 1 unspecified atom stereocenters. The van der Waals surface area contributed by atoms with Gasteiger partial charge in [0, 0.05) is 13.5 Å². The fourth-order valence-electron chi connectivity index (χ4n) is 1.13. The molecule has 8 nitrogen and oxygen atoms in total. The summed E-state index contributed by atoms with van der Waals surface area (Å²) in [5.74, 6) is -1.56. The molecule has 0 fully saturated rings. The molecule has 1 atom stereocenters. The molecule has 0 saturated carbocycles. The van der Waals surface area contributed by atoms with Crippen molar-refractivity contribution in [3.05, 3.63) is 22.1 Å². The first kappa shape index (κ1) is 11.1. The van der Waals surface area contributed by atoms with E-state index in [1.807, 2.05) is 0 Å². The van der Waals surface area contributed by atoms with E-state index in [1.165, 1.54) is 10.9 Å². The third-order valence-electron chi connectivity index (χ3n) is 1.94. The van der Waals surface area contributed by atoms with Gasteiger partial charge in [0.2, 0.25) is 6.33 Å². The number of hydrogen-bond acceptors (Lipinski definition) is 5. The van der Waals surface area contributed by atoms with E-state index in [0.717, 1.165) is 0 Å². The Hall–Kier alpha value is -1.96. The highest BCUT2D eigenvalue weighted by molar-refractivity contribution is 5.73. The first-order valence-electron chi connectivity index (χ1n) is 4.06. The number of nitrogens with zero attached hydrogens (tertiary/aromatic N) is 3. The molecule has 82 valence electrons. The maximum atomic E-state index is 10.5. The molecule has 1 aromatic rings. The Morgan fingerprint density at radius 2 is 2.47 bits per heavy atom. The molecule has 0 spiro atoms. The van der Waals surface area contributed by atoms with Crippen LogP contribution in [-0.2, 0) is 18.3 Å². The van der Waals surface area contributed by atoms with Crippen molar-refractivity contribution in [2.24, 2.45) is 12.8 Å². The van der Waals surface area contributed by atoms with Gasteiger partial charge >= 0.3 is 11.8 Å². The molecule has 1 aromatic heterocycles. The van der Waals surface area contributed by atoms with Gasteiger partial charge in [-0.25, -0.2) is 0 Å². The Morgan fingerprint density at radius 3 is 2.93 bits per heavy atom. The first-order chi connectivity index (χ1) is 6.93. The van der Waals surface area contributed by atoms with Gasteiger partial charge in [0.1, 0.15) is 11.7 Å². The van der Waals surface area contributed by atoms with Crippen LogP contribution >= 0.6 is 0 Å². The zero-order valence-electron chi connectivity index (χ0n) is 7.95. The lowest BCUT2D eigenvalue weighted by atomic mass is 10.1. The topological polar surface area (TPSA) is 124 Å². The number of nitro groups is 1. The van der Waals surface area contributed by atoms with E-state index in [1.54, 1.807) is 7.05 Å². The number of imidazole rings is 1. The Kier molecular flexibility index (Phi) is 3.00. The van der Waals surface area contributed by atoms with Crippen LogP contribution in [0.1, 0.15) is 5.69 Å². The summed E-state index contributed by atoms with van der Waals surface area (Å²) in [6, 6.07) is -1.17. The second kappa shape index (κ2) is 4.05. The highest BCUT2D eigenvalue weighted by Gasteiger charge is 2.24. The predicted octanol–water partition coefficient (Wildman–Crippen LogP) is -0.717. The van der Waals surface area contributed by atoms with E-state index >= 15 is 0 Å². The Bertz CT molecular complexity index is 400. The second-order valence-corrected chi connectivity index (χ2v) is 3.03. The van der Waals surface area contributed by atoms with E-state index in [-0.39, 0.29) is 17.9 Å². The maximum Gasteiger partial charge on any atom is 0.384 e. The normalized spacial score (nSPS) is 12.4. The summed E-state index contributed by atoms with van der Waals surface area (Å²) in [7, 11) is 1.55. The van der Waals surface area contributed by atoms with Crippen LogP contribution < -0.4 is 5.73 Å². The van der Waals surface area contributed by atoms with Crippen molar-refractivity contribution >= 4 is 11.8 Å². The van der Waals surface area contributed by atoms with Crippen molar-refractivity contribution in [3.63, 3.8) is 0 Å². The lowest BCUT2D eigenvalue weighted by Crippen LogP contribution is -2.33. The number of nitrogens with two attached hydrogens (primary N) is 1. The first-order valence-corrected chi connectivity index (χ1v) is 4.06. The van der Waals surface area contributed by atoms with Gasteiger partial charge in [-0.1, -0.05) is 0 Å². The molecule has 0 aromatic carbocycles. The predicted molar refractivity (Wildman–Crippen MR) is 49.2 cm³/mol. The third-order valence-corrected chi connectivity index (χ3v) is 1.94. The average Bonchev–Trinajstić information content (AvgIpc) is 2.48. The van der Waals surface area contributed by atoms with Crippen molar-refractivity contribution in [1.82, 2.24) is 9.55 Å². The van der Waals surface area contributed by atoms with Crippen LogP contribution in [0.15, 0.2) is 6.33 Å². The van der Waals surface area contributed by atoms with Crippen LogP contribution in [0, 0.1) is 10.1 Å². The SMILES string of the molecule is Cn1cnc([N+](=O)[O-])c1CC(N)C(=O)O. The maximum absolute atomic E-state index is 10.5. The van der Waals surface area contributed by atoms with E-state index in [0.29, 0.717) is 0 Å². The van der Waals surface area contributed by atoms with Crippen molar-refractivity contribution in [1.29, 1.82) is 0 Å². The molecule has 1 heterocycles. The molecule has 1 rings (SSSR count). The molecule has 3 N–H and O–H groups in total. The van der Waals surface area contributed by atoms with Crippen LogP contribution in [-0.4, -0.2) is 31.6 Å². The lowest BCUT2D eigenvalue weighted by Gasteiger charge is -2.05. The summed E-state index contributed by atoms with van der Waals surface area (Å²) in [5, 5.41) is 19.1. The van der Waals surface area contributed by atoms with Gasteiger partial charge in [-0.15, -0.1) is 0 Å². The van der Waals surface area contributed by atoms with Crippen LogP contribution in [0.4, 0.5) is 5.82 Å². The minimum Gasteiger partial charge on any atom is -0.480 e. The number of aliphatic carboxylic acids is 1. The number of aromatic nitrogens is 2. The number of aryl methyl sites for hydroxylation is 1. The summed E-state index contributed by atoms with van der Waals surface area (Å²) < 4.78 is 1.39. The standard InChI is InChI=1S/C7H10N4O4/c1-10-3-9-6(11(14)15)5(10)2-4(8)7(12)13/h3-4H,2,8H2,1H3,(H,12,13). The Balaban J connectivity index is 2.97. The van der Waals surface area contributed by atoms with Gasteiger partial charge in [-0.3, -0.25) is 4.79 Å². The average molecular weight is 214 g/mol. The van der Waals surface area contributed by atoms with E-state index < -0.39 is 16.9 Å². The third kappa shape index (κ3) is 2.29. The molecule has 0 aliphatic carbocycles. The smallest absolute Gasteiger partial charge is 0.384 e. The molecule has 8 heteroatoms. The van der Waals surface area contributed by atoms with Crippen molar-refractivity contribution < 1.29 is 14.8 Å². The van der Waals surface area contributed by atoms with Gasteiger partial charge < -0.3 is 25.5 Å². The van der Waals surface area contributed by atoms with Gasteiger partial charge in [0.15, 0.2) is 0 Å². The van der Waals surface area contributed by atoms with Gasteiger partial charge in [-0.05, 0) is 9.91 Å². The molecule has 0 amide bonds. The minimum atomic E-state index is -1.20. The zero-order valence-corrected chi connectivity index (χ0v) is 7.95. The van der Waals surface area contributed by atoms with Crippen molar-refractivity contribution in [2.75, 3.05) is 0 Å². The molecule has 0 radical (unpaired) electrons. The van der Waals surface area contributed by atoms with E-state index in [9.17, 15) is 14.9 Å². The summed E-state index contributed by atoms with van der Waals surface area (Å²) in [6.07, 6.45) is 1.13. The van der Waals surface area contributed by atoms with Crippen molar-refractivity contribution in [2.45, 2.75) is 12.5 Å². The van der Waals surface area contributed by atoms with Crippen LogP contribution in [0.2, 0.25) is 0 Å². The summed E-state index contributed by atoms with van der Waals surface area (Å²) in [6.45, 7) is 0. The minimum absolute atomic E-state index is 0.123. The lowest BCUT2D eigenvalue weighted by molar-refractivity contribution is -0.390. The molecule has 15 heavy (non-hydrogen) atoms. The van der Waals surface area contributed by atoms with Crippen LogP contribution in [0.3, 0.4) is 0 Å². The number of carboxylic acids is 1. The quantitative estimate of drug-likeness (QED) is 0.503. The molecule has 0 aliphatic heterocycles. The molecule has 0 bridgehead atoms. The number of rotatable bonds is 4. The van der Waals surface area contributed by atoms with E-state index in [2.05, 4.69) is 4.98 Å². The Morgan fingerprint density at radius 1 is 1.87 bits per heavy atom. The van der Waals surface area contributed by atoms with Crippen LogP contribution in [0.5, 0.6) is 0 Å². The number of carbonyl (C=O) groups is 1. The summed E-state index contributed by atoms with van der Waals surface area (Å²) in [5.41, 5.74) is 5.49. The fraction of sp³-hybridized carbons (Fsp3) is 0.429. The van der Waals surface area contributed by atoms with Crippen molar-refractivity contribution in [3.8, 4) is 0 Å². The monoisotopic (exact) mass is 214 g/mol. The van der Waals surface area contributed by atoms with Gasteiger partial charge in [0.25, 0.3) is 0 Å². The van der Waals surface area contributed by atoms with E-state index in [4.69, 9.17) is 10.8 Å². The zero-order chi connectivity index (χ0) is 11.6. The second-order valence-electron chi connectivity index (χ2n) is 3.03. The highest BCUT2D eigenvalue weighted by atomic mass is 16.6.